The number of ether oxygens (including phenoxy) is 11. The third kappa shape index (κ3) is 13.4. The van der Waals surface area contributed by atoms with Crippen molar-refractivity contribution >= 4 is 29.5 Å². The Kier molecular flexibility index (Phi) is 19.1. The van der Waals surface area contributed by atoms with Crippen LogP contribution >= 0.6 is 0 Å². The number of esters is 2. The zero-order chi connectivity index (χ0) is 59.2. The zero-order valence-corrected chi connectivity index (χ0v) is 50.7. The van der Waals surface area contributed by atoms with Crippen LogP contribution in [0.15, 0.2) is 36.0 Å². The molecular weight excluding hydrogens is 1070 g/mol. The summed E-state index contributed by atoms with van der Waals surface area (Å²) in [5, 5.41) is 21.0. The average molecular weight is 1170 g/mol. The molecule has 8 saturated heterocycles. The van der Waals surface area contributed by atoms with Gasteiger partial charge in [0.05, 0.1) is 89.5 Å². The first-order chi connectivity index (χ1) is 39.4. The fraction of sp³-hybridized carbons (Fsp3) is 0.831. The number of carboxylic acids is 1. The molecule has 8 fully saturated rings. The fourth-order valence-corrected chi connectivity index (χ4v) is 15.7. The summed E-state index contributed by atoms with van der Waals surface area (Å²) in [5.74, 6) is -3.46. The van der Waals surface area contributed by atoms with Crippen LogP contribution in [0.25, 0.3) is 0 Å². The molecule has 0 aromatic rings. The largest absolute Gasteiger partial charge is 0.478 e. The molecule has 0 radical (unpaired) electrons. The number of ketones is 2. The Balaban J connectivity index is 0.786. The molecule has 0 spiro atoms. The van der Waals surface area contributed by atoms with E-state index < -0.39 is 143 Å². The van der Waals surface area contributed by atoms with Gasteiger partial charge in [-0.2, -0.15) is 0 Å². The van der Waals surface area contributed by atoms with Crippen LogP contribution in [0.3, 0.4) is 0 Å². The van der Waals surface area contributed by atoms with Crippen LogP contribution in [0.4, 0.5) is 0 Å². The molecule has 0 aromatic carbocycles. The van der Waals surface area contributed by atoms with Crippen molar-refractivity contribution in [2.45, 2.75) is 335 Å². The van der Waals surface area contributed by atoms with Crippen molar-refractivity contribution in [3.05, 3.63) is 36.0 Å². The molecule has 0 aromatic heterocycles. The lowest BCUT2D eigenvalue weighted by atomic mass is 9.72. The molecule has 83 heavy (non-hydrogen) atoms. The van der Waals surface area contributed by atoms with E-state index in [-0.39, 0.29) is 62.1 Å². The Hall–Kier alpha value is -3.43. The van der Waals surface area contributed by atoms with Crippen LogP contribution in [-0.2, 0) is 76.1 Å². The van der Waals surface area contributed by atoms with Crippen LogP contribution in [0, 0.1) is 5.92 Å². The lowest BCUT2D eigenvalue weighted by molar-refractivity contribution is -0.356. The number of fused-ring (bicyclic) bond motifs is 8. The predicted molar refractivity (Wildman–Crippen MR) is 302 cm³/mol. The number of Topliss-reactive ketones (excluding diaryl/α,β-unsaturated/α-hetero) is 2. The number of aliphatic carboxylic acids is 1. The number of carboxylic acid groups (broad SMARTS) is 1. The van der Waals surface area contributed by atoms with Gasteiger partial charge in [0.1, 0.15) is 36.1 Å². The molecule has 18 nitrogen and oxygen atoms in total. The maximum absolute atomic E-state index is 14.5. The molecule has 0 bridgehead atoms. The quantitative estimate of drug-likeness (QED) is 0.0380. The van der Waals surface area contributed by atoms with Crippen LogP contribution < -0.4 is 0 Å². The van der Waals surface area contributed by atoms with Gasteiger partial charge in [-0.25, -0.2) is 14.4 Å². The smallest absolute Gasteiger partial charge is 0.374 e. The van der Waals surface area contributed by atoms with E-state index in [1.807, 2.05) is 40.7 Å². The second kappa shape index (κ2) is 25.3. The minimum Gasteiger partial charge on any atom is -0.478 e. The first-order valence-electron chi connectivity index (χ1n) is 31.8. The van der Waals surface area contributed by atoms with Crippen molar-refractivity contribution in [1.29, 1.82) is 0 Å². The highest BCUT2D eigenvalue weighted by molar-refractivity contribution is 6.33. The molecule has 464 valence electrons. The van der Waals surface area contributed by atoms with Crippen LogP contribution in [0.2, 0.25) is 0 Å². The third-order valence-corrected chi connectivity index (χ3v) is 20.9. The van der Waals surface area contributed by atoms with Crippen LogP contribution in [0.1, 0.15) is 209 Å². The highest BCUT2D eigenvalue weighted by Crippen LogP contribution is 2.54. The van der Waals surface area contributed by atoms with Gasteiger partial charge < -0.3 is 62.3 Å². The van der Waals surface area contributed by atoms with Gasteiger partial charge in [0.2, 0.25) is 5.78 Å². The molecule has 10 heterocycles. The number of hydrogen-bond acceptors (Lipinski definition) is 17. The summed E-state index contributed by atoms with van der Waals surface area (Å²) in [6.45, 7) is 19.7. The van der Waals surface area contributed by atoms with Crippen LogP contribution in [0.5, 0.6) is 0 Å². The van der Waals surface area contributed by atoms with Gasteiger partial charge in [0.25, 0.3) is 0 Å². The van der Waals surface area contributed by atoms with Crippen molar-refractivity contribution in [2.24, 2.45) is 5.92 Å². The Morgan fingerprint density at radius 2 is 1.42 bits per heavy atom. The maximum Gasteiger partial charge on any atom is 0.374 e. The molecule has 0 saturated carbocycles. The van der Waals surface area contributed by atoms with Gasteiger partial charge in [-0.3, -0.25) is 9.59 Å². The van der Waals surface area contributed by atoms with Gasteiger partial charge in [-0.15, -0.1) is 0 Å². The second-order valence-corrected chi connectivity index (χ2v) is 27.6. The van der Waals surface area contributed by atoms with E-state index in [1.54, 1.807) is 0 Å². The molecule has 10 aliphatic heterocycles. The molecule has 0 aliphatic carbocycles. The number of rotatable bonds is 20. The van der Waals surface area contributed by atoms with Gasteiger partial charge in [-0.05, 0) is 78.7 Å². The third-order valence-electron chi connectivity index (χ3n) is 20.9. The molecule has 18 heteroatoms. The predicted octanol–water partition coefficient (Wildman–Crippen LogP) is 9.34. The maximum atomic E-state index is 14.5. The van der Waals surface area contributed by atoms with E-state index in [0.717, 1.165) is 24.8 Å². The number of hydrogen-bond donors (Lipinski definition) is 2. The van der Waals surface area contributed by atoms with Crippen molar-refractivity contribution in [3.8, 4) is 0 Å². The number of aliphatic hydroxyl groups is 1. The van der Waals surface area contributed by atoms with E-state index in [2.05, 4.69) is 33.4 Å². The Bertz CT molecular complexity index is 2460. The van der Waals surface area contributed by atoms with Crippen molar-refractivity contribution in [1.82, 2.24) is 0 Å². The number of carbonyl (C=O) groups is 5. The molecule has 22 atom stereocenters. The first-order valence-corrected chi connectivity index (χ1v) is 31.8. The Morgan fingerprint density at radius 3 is 2.14 bits per heavy atom. The summed E-state index contributed by atoms with van der Waals surface area (Å²) in [6.07, 6.45) is 13.6. The van der Waals surface area contributed by atoms with Crippen molar-refractivity contribution in [2.75, 3.05) is 0 Å². The molecular formula is C65H96O18. The van der Waals surface area contributed by atoms with Crippen LogP contribution in [-0.4, -0.2) is 165 Å². The van der Waals surface area contributed by atoms with Gasteiger partial charge >= 0.3 is 17.9 Å². The summed E-state index contributed by atoms with van der Waals surface area (Å²) in [5.41, 5.74) is -3.64. The van der Waals surface area contributed by atoms with Gasteiger partial charge in [0.15, 0.2) is 5.78 Å². The molecule has 22 unspecified atom stereocenters. The highest BCUT2D eigenvalue weighted by Gasteiger charge is 2.64. The summed E-state index contributed by atoms with van der Waals surface area (Å²) in [7, 11) is 0. The minimum atomic E-state index is -1.09. The monoisotopic (exact) mass is 1160 g/mol. The lowest BCUT2D eigenvalue weighted by Gasteiger charge is -2.60. The normalized spacial score (nSPS) is 44.1. The van der Waals surface area contributed by atoms with Gasteiger partial charge in [-0.1, -0.05) is 96.8 Å². The van der Waals surface area contributed by atoms with Crippen molar-refractivity contribution in [3.63, 3.8) is 0 Å². The van der Waals surface area contributed by atoms with E-state index >= 15 is 0 Å². The summed E-state index contributed by atoms with van der Waals surface area (Å²) in [4.78, 5) is 65.8. The number of aliphatic hydroxyl groups excluding tert-OH is 1. The fourth-order valence-electron chi connectivity index (χ4n) is 15.7. The van der Waals surface area contributed by atoms with E-state index in [4.69, 9.17) is 52.1 Å². The van der Waals surface area contributed by atoms with E-state index in [9.17, 15) is 34.2 Å². The van der Waals surface area contributed by atoms with E-state index in [1.165, 1.54) is 51.0 Å². The molecule has 2 N–H and O–H groups in total. The Morgan fingerprint density at radius 1 is 0.723 bits per heavy atom. The second-order valence-electron chi connectivity index (χ2n) is 27.6. The summed E-state index contributed by atoms with van der Waals surface area (Å²) >= 11 is 0. The SMILES string of the molecule is C=C(CC1CC(O)C2(C)OC3CC4OC5CC6(C)OC7(C)CCC(=O)C(C(C)CC8OC9CC%10OC(=O)C=C(C)C%10OC9(C)CC8OC(=O)C(=O)CCCCCCCCCCCCC)OC7CC6OC5(C)CC=CC4OC3CC2O1)C(=O)O. The summed E-state index contributed by atoms with van der Waals surface area (Å²) in [6, 6.07) is 0. The number of unbranched alkanes of at least 4 members (excludes halogenated alkanes) is 10. The van der Waals surface area contributed by atoms with Crippen molar-refractivity contribution < 1.29 is 86.3 Å². The zero-order valence-electron chi connectivity index (χ0n) is 50.7. The molecule has 10 rings (SSSR count). The lowest BCUT2D eigenvalue weighted by Crippen LogP contribution is -2.70. The average Bonchev–Trinajstić information content (AvgIpc) is 2.92. The van der Waals surface area contributed by atoms with Gasteiger partial charge in [0, 0.05) is 75.9 Å². The number of carbonyl (C=O) groups excluding carboxylic acids is 4. The molecule has 0 amide bonds. The Labute approximate surface area is 491 Å². The first kappa shape index (κ1) is 62.6. The summed E-state index contributed by atoms with van der Waals surface area (Å²) < 4.78 is 74.2. The molecule has 10 aliphatic rings. The standard InChI is InChI=1S/C65H96O18/c1-10-11-12-13-14-15-16-17-18-19-20-22-42(67)60(72)78-49-35-63(7)51(33-48-58(82-63)38(3)29-56(69)77-48)75-44(49)28-37(2)57-41(66)24-26-62(6)52(79-57)34-53-64(8,83-62)36-55-61(5,81-53)25-21-23-43-45(76-55)31-47-46(74-43)32-54-65(9,80-47)50(68)30-40(73-54)27-39(4)59(70)71/h21,23,29,37,40,43-55,57-58,68H,4,10-20,22,24-28,30-36H2,1-3,5-9H3,(H,70,71). The van der Waals surface area contributed by atoms with E-state index in [0.29, 0.717) is 51.4 Å². The highest BCUT2D eigenvalue weighted by atomic mass is 16.6. The minimum absolute atomic E-state index is 0.0304. The topological polar surface area (TPSA) is 227 Å².